The van der Waals surface area contributed by atoms with Crippen molar-refractivity contribution >= 4 is 33.5 Å². The van der Waals surface area contributed by atoms with Crippen LogP contribution in [0.5, 0.6) is 0 Å². The third-order valence-corrected chi connectivity index (χ3v) is 3.03. The Morgan fingerprint density at radius 1 is 1.53 bits per heavy atom. The van der Waals surface area contributed by atoms with Crippen molar-refractivity contribution in [2.24, 2.45) is 0 Å². The third kappa shape index (κ3) is 2.65. The Bertz CT molecular complexity index is 476. The van der Waals surface area contributed by atoms with Crippen LogP contribution in [0.15, 0.2) is 22.7 Å². The molecule has 0 radical (unpaired) electrons. The van der Waals surface area contributed by atoms with Gasteiger partial charge in [0, 0.05) is 22.3 Å². The van der Waals surface area contributed by atoms with Gasteiger partial charge in [-0.2, -0.15) is 0 Å². The van der Waals surface area contributed by atoms with Gasteiger partial charge in [-0.25, -0.2) is 0 Å². The van der Waals surface area contributed by atoms with E-state index in [-0.39, 0.29) is 18.9 Å². The van der Waals surface area contributed by atoms with Crippen LogP contribution in [0.4, 0.5) is 5.69 Å². The number of carboxylic acids is 1. The molecule has 0 aliphatic carbocycles. The highest BCUT2D eigenvalue weighted by Crippen LogP contribution is 2.32. The van der Waals surface area contributed by atoms with E-state index < -0.39 is 12.0 Å². The maximum atomic E-state index is 11.7. The first-order valence-corrected chi connectivity index (χ1v) is 5.93. The molecule has 1 atom stereocenters. The molecule has 1 aromatic rings. The zero-order chi connectivity index (χ0) is 12.4. The SMILES string of the molecule is O=C(O)CCNC1C(=O)Nc2cc(Br)ccc21. The molecule has 5 nitrogen and oxygen atoms in total. The fourth-order valence-corrected chi connectivity index (χ4v) is 2.12. The molecule has 1 aliphatic heterocycles. The molecule has 0 saturated heterocycles. The molecular formula is C11H11BrN2O3. The van der Waals surface area contributed by atoms with Gasteiger partial charge in [-0.15, -0.1) is 0 Å². The van der Waals surface area contributed by atoms with Crippen molar-refractivity contribution in [1.82, 2.24) is 5.32 Å². The maximum absolute atomic E-state index is 11.7. The summed E-state index contributed by atoms with van der Waals surface area (Å²) in [5.74, 6) is -1.03. The average Bonchev–Trinajstić information content (AvgIpc) is 2.54. The molecule has 1 unspecified atom stereocenters. The van der Waals surface area contributed by atoms with E-state index in [1.54, 1.807) is 0 Å². The summed E-state index contributed by atoms with van der Waals surface area (Å²) in [5, 5.41) is 14.2. The number of rotatable bonds is 4. The highest BCUT2D eigenvalue weighted by atomic mass is 79.9. The molecule has 0 spiro atoms. The van der Waals surface area contributed by atoms with Gasteiger partial charge in [0.05, 0.1) is 6.42 Å². The first-order valence-electron chi connectivity index (χ1n) is 5.13. The summed E-state index contributed by atoms with van der Waals surface area (Å²) < 4.78 is 0.891. The first-order chi connectivity index (χ1) is 8.08. The molecule has 17 heavy (non-hydrogen) atoms. The van der Waals surface area contributed by atoms with Crippen molar-refractivity contribution < 1.29 is 14.7 Å². The number of amides is 1. The highest BCUT2D eigenvalue weighted by Gasteiger charge is 2.29. The number of carbonyl (C=O) groups excluding carboxylic acids is 1. The normalized spacial score (nSPS) is 17.7. The monoisotopic (exact) mass is 298 g/mol. The Balaban J connectivity index is 2.09. The second kappa shape index (κ2) is 4.85. The smallest absolute Gasteiger partial charge is 0.304 e. The van der Waals surface area contributed by atoms with Gasteiger partial charge in [0.25, 0.3) is 0 Å². The zero-order valence-electron chi connectivity index (χ0n) is 8.87. The molecule has 0 aromatic heterocycles. The minimum Gasteiger partial charge on any atom is -0.481 e. The molecular weight excluding hydrogens is 288 g/mol. The second-order valence-electron chi connectivity index (χ2n) is 3.75. The van der Waals surface area contributed by atoms with Crippen LogP contribution < -0.4 is 10.6 Å². The van der Waals surface area contributed by atoms with Crippen LogP contribution in [0.1, 0.15) is 18.0 Å². The molecule has 0 saturated carbocycles. The molecule has 0 fully saturated rings. The molecule has 1 amide bonds. The number of hydrogen-bond donors (Lipinski definition) is 3. The third-order valence-electron chi connectivity index (χ3n) is 2.53. The van der Waals surface area contributed by atoms with Crippen molar-refractivity contribution in [3.8, 4) is 0 Å². The van der Waals surface area contributed by atoms with Crippen LogP contribution in [0.3, 0.4) is 0 Å². The molecule has 2 rings (SSSR count). The number of hydrogen-bond acceptors (Lipinski definition) is 3. The van der Waals surface area contributed by atoms with Crippen LogP contribution in [0.25, 0.3) is 0 Å². The Labute approximate surface area is 106 Å². The van der Waals surface area contributed by atoms with Crippen LogP contribution in [-0.2, 0) is 9.59 Å². The topological polar surface area (TPSA) is 78.4 Å². The van der Waals surface area contributed by atoms with Gasteiger partial charge < -0.3 is 15.7 Å². The first kappa shape index (κ1) is 12.1. The maximum Gasteiger partial charge on any atom is 0.304 e. The van der Waals surface area contributed by atoms with Gasteiger partial charge in [0.15, 0.2) is 0 Å². The van der Waals surface area contributed by atoms with E-state index in [1.165, 1.54) is 0 Å². The summed E-state index contributed by atoms with van der Waals surface area (Å²) in [6.07, 6.45) is -0.00432. The van der Waals surface area contributed by atoms with Crippen LogP contribution >= 0.6 is 15.9 Å². The second-order valence-corrected chi connectivity index (χ2v) is 4.67. The molecule has 1 aromatic carbocycles. The van der Waals surface area contributed by atoms with Crippen molar-refractivity contribution in [3.63, 3.8) is 0 Å². The van der Waals surface area contributed by atoms with E-state index in [0.717, 1.165) is 15.7 Å². The lowest BCUT2D eigenvalue weighted by Gasteiger charge is -2.10. The number of anilines is 1. The van der Waals surface area contributed by atoms with Crippen LogP contribution in [0.2, 0.25) is 0 Å². The molecule has 90 valence electrons. The summed E-state index contributed by atoms with van der Waals surface area (Å²) in [7, 11) is 0. The van der Waals surface area contributed by atoms with E-state index in [9.17, 15) is 9.59 Å². The quantitative estimate of drug-likeness (QED) is 0.787. The van der Waals surface area contributed by atoms with Gasteiger partial charge in [0.1, 0.15) is 6.04 Å². The Hall–Kier alpha value is -1.40. The van der Waals surface area contributed by atoms with Crippen LogP contribution in [0, 0.1) is 0 Å². The Morgan fingerprint density at radius 2 is 2.29 bits per heavy atom. The van der Waals surface area contributed by atoms with E-state index in [2.05, 4.69) is 26.6 Å². The number of carboxylic acid groups (broad SMARTS) is 1. The summed E-state index contributed by atoms with van der Waals surface area (Å²) in [4.78, 5) is 22.1. The van der Waals surface area contributed by atoms with Crippen molar-refractivity contribution in [1.29, 1.82) is 0 Å². The lowest BCUT2D eigenvalue weighted by Crippen LogP contribution is -2.29. The lowest BCUT2D eigenvalue weighted by atomic mass is 10.1. The standard InChI is InChI=1S/C11H11BrN2O3/c12-6-1-2-7-8(5-6)14-11(17)10(7)13-4-3-9(15)16/h1-2,5,10,13H,3-4H2,(H,14,17)(H,15,16). The molecule has 0 bridgehead atoms. The number of halogens is 1. The van der Waals surface area contributed by atoms with E-state index in [1.807, 2.05) is 18.2 Å². The summed E-state index contributed by atoms with van der Waals surface area (Å²) in [5.41, 5.74) is 1.61. The molecule has 3 N–H and O–H groups in total. The van der Waals surface area contributed by atoms with Crippen molar-refractivity contribution in [3.05, 3.63) is 28.2 Å². The fourth-order valence-electron chi connectivity index (χ4n) is 1.76. The average molecular weight is 299 g/mol. The van der Waals surface area contributed by atoms with Gasteiger partial charge in [-0.3, -0.25) is 9.59 Å². The van der Waals surface area contributed by atoms with E-state index >= 15 is 0 Å². The molecule has 1 aliphatic rings. The molecule has 6 heteroatoms. The Morgan fingerprint density at radius 3 is 3.00 bits per heavy atom. The summed E-state index contributed by atoms with van der Waals surface area (Å²) in [6.45, 7) is 0.267. The van der Waals surface area contributed by atoms with Gasteiger partial charge in [0.2, 0.25) is 5.91 Å². The van der Waals surface area contributed by atoms with E-state index in [4.69, 9.17) is 5.11 Å². The van der Waals surface area contributed by atoms with Crippen molar-refractivity contribution in [2.75, 3.05) is 11.9 Å². The van der Waals surface area contributed by atoms with Gasteiger partial charge >= 0.3 is 5.97 Å². The largest absolute Gasteiger partial charge is 0.481 e. The summed E-state index contributed by atoms with van der Waals surface area (Å²) >= 11 is 3.33. The van der Waals surface area contributed by atoms with Crippen LogP contribution in [-0.4, -0.2) is 23.5 Å². The van der Waals surface area contributed by atoms with E-state index in [0.29, 0.717) is 0 Å². The fraction of sp³-hybridized carbons (Fsp3) is 0.273. The molecule has 1 heterocycles. The lowest BCUT2D eigenvalue weighted by molar-refractivity contribution is -0.137. The minimum absolute atomic E-state index is 0.00432. The van der Waals surface area contributed by atoms with Crippen molar-refractivity contribution in [2.45, 2.75) is 12.5 Å². The zero-order valence-corrected chi connectivity index (χ0v) is 10.5. The number of carbonyl (C=O) groups is 2. The minimum atomic E-state index is -0.882. The van der Waals surface area contributed by atoms with Gasteiger partial charge in [-0.05, 0) is 12.1 Å². The number of fused-ring (bicyclic) bond motifs is 1. The Kier molecular flexibility index (Phi) is 3.44. The summed E-state index contributed by atoms with van der Waals surface area (Å²) in [6, 6.07) is 5.06. The predicted molar refractivity (Wildman–Crippen MR) is 65.8 cm³/mol. The number of aliphatic carboxylic acids is 1. The number of benzene rings is 1. The number of nitrogens with one attached hydrogen (secondary N) is 2. The van der Waals surface area contributed by atoms with Gasteiger partial charge in [-0.1, -0.05) is 22.0 Å². The highest BCUT2D eigenvalue weighted by molar-refractivity contribution is 9.10. The predicted octanol–water partition coefficient (Wildman–Crippen LogP) is 1.51.